The summed E-state index contributed by atoms with van der Waals surface area (Å²) >= 11 is 0. The van der Waals surface area contributed by atoms with Gasteiger partial charge in [0.05, 0.1) is 18.9 Å². The summed E-state index contributed by atoms with van der Waals surface area (Å²) in [4.78, 5) is 11.4. The van der Waals surface area contributed by atoms with Gasteiger partial charge >= 0.3 is 0 Å². The van der Waals surface area contributed by atoms with Gasteiger partial charge in [-0.15, -0.1) is 0 Å². The molecule has 0 atom stereocenters. The molecular weight excluding hydrogens is 180 g/mol. The van der Waals surface area contributed by atoms with Gasteiger partial charge in [0.1, 0.15) is 5.69 Å². The van der Waals surface area contributed by atoms with E-state index in [1.165, 1.54) is 0 Å². The highest BCUT2D eigenvalue weighted by Crippen LogP contribution is 2.18. The number of ketones is 1. The third-order valence-corrected chi connectivity index (χ3v) is 2.54. The Morgan fingerprint density at radius 1 is 1.43 bits per heavy atom. The van der Waals surface area contributed by atoms with Crippen molar-refractivity contribution in [1.82, 2.24) is 9.78 Å². The fraction of sp³-hybridized carbons (Fsp3) is 0.600. The molecular formula is C10H14N2O2. The first-order valence-electron chi connectivity index (χ1n) is 4.83. The summed E-state index contributed by atoms with van der Waals surface area (Å²) in [6.45, 7) is 2.99. The number of fused-ring (bicyclic) bond motifs is 1. The fourth-order valence-corrected chi connectivity index (χ4v) is 1.97. The number of nitrogens with zero attached hydrogens (tertiary/aromatic N) is 2. The monoisotopic (exact) mass is 194 g/mol. The van der Waals surface area contributed by atoms with Crippen LogP contribution < -0.4 is 0 Å². The summed E-state index contributed by atoms with van der Waals surface area (Å²) in [6, 6.07) is 0. The van der Waals surface area contributed by atoms with Crippen molar-refractivity contribution < 1.29 is 9.53 Å². The lowest BCUT2D eigenvalue weighted by Crippen LogP contribution is -2.07. The zero-order valence-corrected chi connectivity index (χ0v) is 8.54. The first-order valence-corrected chi connectivity index (χ1v) is 4.83. The van der Waals surface area contributed by atoms with E-state index in [0.717, 1.165) is 29.8 Å². The molecule has 1 aliphatic heterocycles. The number of Topliss-reactive ketones (excluding diaryl/α,β-unsaturated/α-hetero) is 1. The Hall–Kier alpha value is -1.16. The van der Waals surface area contributed by atoms with Crippen molar-refractivity contribution in [2.45, 2.75) is 19.8 Å². The number of aryl methyl sites for hydroxylation is 1. The van der Waals surface area contributed by atoms with Crippen LogP contribution in [-0.4, -0.2) is 28.8 Å². The van der Waals surface area contributed by atoms with Gasteiger partial charge in [-0.1, -0.05) is 0 Å². The number of carbonyl (C=O) groups is 1. The smallest absolute Gasteiger partial charge is 0.178 e. The van der Waals surface area contributed by atoms with E-state index in [2.05, 4.69) is 5.10 Å². The second-order valence-corrected chi connectivity index (χ2v) is 3.57. The van der Waals surface area contributed by atoms with E-state index < -0.39 is 0 Å². The van der Waals surface area contributed by atoms with Crippen molar-refractivity contribution in [3.8, 4) is 0 Å². The molecule has 1 aliphatic rings. The first kappa shape index (κ1) is 9.40. The largest absolute Gasteiger partial charge is 0.381 e. The van der Waals surface area contributed by atoms with Crippen LogP contribution in [0.3, 0.4) is 0 Å². The molecule has 4 nitrogen and oxygen atoms in total. The molecule has 0 aliphatic carbocycles. The summed E-state index contributed by atoms with van der Waals surface area (Å²) in [6.07, 6.45) is 1.62. The van der Waals surface area contributed by atoms with Gasteiger partial charge in [-0.05, 0) is 6.42 Å². The van der Waals surface area contributed by atoms with E-state index >= 15 is 0 Å². The van der Waals surface area contributed by atoms with Crippen LogP contribution >= 0.6 is 0 Å². The molecule has 2 heterocycles. The predicted octanol–water partition coefficient (Wildman–Crippen LogP) is 0.738. The molecule has 0 saturated carbocycles. The minimum Gasteiger partial charge on any atom is -0.381 e. The Kier molecular flexibility index (Phi) is 2.37. The summed E-state index contributed by atoms with van der Waals surface area (Å²) in [7, 11) is 1.83. The van der Waals surface area contributed by atoms with E-state index in [-0.39, 0.29) is 5.78 Å². The van der Waals surface area contributed by atoms with Crippen LogP contribution in [0.25, 0.3) is 0 Å². The molecule has 4 heteroatoms. The molecule has 0 fully saturated rings. The summed E-state index contributed by atoms with van der Waals surface area (Å²) in [5.41, 5.74) is 2.85. The quantitative estimate of drug-likeness (QED) is 0.619. The molecule has 0 N–H and O–H groups in total. The van der Waals surface area contributed by atoms with Crippen molar-refractivity contribution in [3.05, 3.63) is 17.0 Å². The van der Waals surface area contributed by atoms with E-state index in [1.807, 2.05) is 7.05 Å². The van der Waals surface area contributed by atoms with Crippen molar-refractivity contribution in [2.75, 3.05) is 13.2 Å². The fourth-order valence-electron chi connectivity index (χ4n) is 1.97. The van der Waals surface area contributed by atoms with Gasteiger partial charge in [-0.3, -0.25) is 9.48 Å². The molecule has 1 aromatic heterocycles. The van der Waals surface area contributed by atoms with Crippen LogP contribution in [0.4, 0.5) is 0 Å². The predicted molar refractivity (Wildman–Crippen MR) is 51.4 cm³/mol. The Labute approximate surface area is 82.9 Å². The minimum atomic E-state index is 0.0863. The van der Waals surface area contributed by atoms with Gasteiger partial charge in [-0.25, -0.2) is 0 Å². The number of ether oxygens (including phenoxy) is 1. The number of hydrogen-bond donors (Lipinski definition) is 0. The van der Waals surface area contributed by atoms with Crippen LogP contribution in [0.2, 0.25) is 0 Å². The first-order chi connectivity index (χ1) is 6.70. The van der Waals surface area contributed by atoms with Gasteiger partial charge in [0.25, 0.3) is 0 Å². The molecule has 14 heavy (non-hydrogen) atoms. The van der Waals surface area contributed by atoms with E-state index in [1.54, 1.807) is 11.6 Å². The average Bonchev–Trinajstić information content (AvgIpc) is 2.31. The molecule has 0 bridgehead atoms. The highest BCUT2D eigenvalue weighted by atomic mass is 16.5. The van der Waals surface area contributed by atoms with Gasteiger partial charge in [0.15, 0.2) is 5.78 Å². The Morgan fingerprint density at radius 3 is 2.86 bits per heavy atom. The van der Waals surface area contributed by atoms with Crippen LogP contribution in [0.5, 0.6) is 0 Å². The zero-order valence-electron chi connectivity index (χ0n) is 8.54. The van der Waals surface area contributed by atoms with Crippen molar-refractivity contribution in [1.29, 1.82) is 0 Å². The number of aromatic nitrogens is 2. The van der Waals surface area contributed by atoms with E-state index in [4.69, 9.17) is 4.74 Å². The molecule has 76 valence electrons. The van der Waals surface area contributed by atoms with Gasteiger partial charge in [0, 0.05) is 26.0 Å². The van der Waals surface area contributed by atoms with Crippen LogP contribution in [0.1, 0.15) is 28.7 Å². The molecule has 0 radical (unpaired) electrons. The van der Waals surface area contributed by atoms with Gasteiger partial charge in [-0.2, -0.15) is 5.10 Å². The van der Waals surface area contributed by atoms with E-state index in [9.17, 15) is 4.79 Å². The highest BCUT2D eigenvalue weighted by Gasteiger charge is 2.20. The molecule has 0 unspecified atom stereocenters. The normalized spacial score (nSPS) is 16.1. The standard InChI is InChI=1S/C10H14N2O2/c1-7(13)10-8-3-5-14-6-4-9(8)11-12(10)2/h3-6H2,1-2H3. The maximum absolute atomic E-state index is 11.4. The Morgan fingerprint density at radius 2 is 2.14 bits per heavy atom. The maximum atomic E-state index is 11.4. The third kappa shape index (κ3) is 1.46. The number of carbonyl (C=O) groups excluding carboxylic acids is 1. The molecule has 0 spiro atoms. The lowest BCUT2D eigenvalue weighted by atomic mass is 10.1. The topological polar surface area (TPSA) is 44.1 Å². The molecule has 0 saturated heterocycles. The average molecular weight is 194 g/mol. The summed E-state index contributed by atoms with van der Waals surface area (Å²) in [5.74, 6) is 0.0863. The van der Waals surface area contributed by atoms with Crippen molar-refractivity contribution >= 4 is 5.78 Å². The second-order valence-electron chi connectivity index (χ2n) is 3.57. The third-order valence-electron chi connectivity index (χ3n) is 2.54. The minimum absolute atomic E-state index is 0.0863. The van der Waals surface area contributed by atoms with Crippen molar-refractivity contribution in [2.24, 2.45) is 7.05 Å². The SMILES string of the molecule is CC(=O)c1c2c(nn1C)CCOCC2. The molecule has 2 rings (SSSR count). The lowest BCUT2D eigenvalue weighted by Gasteiger charge is -2.00. The van der Waals surface area contributed by atoms with Crippen LogP contribution in [-0.2, 0) is 24.6 Å². The van der Waals surface area contributed by atoms with Crippen LogP contribution in [0.15, 0.2) is 0 Å². The van der Waals surface area contributed by atoms with Crippen molar-refractivity contribution in [3.63, 3.8) is 0 Å². The molecule has 1 aromatic rings. The molecule has 0 aromatic carbocycles. The maximum Gasteiger partial charge on any atom is 0.178 e. The Balaban J connectivity index is 2.49. The highest BCUT2D eigenvalue weighted by molar-refractivity contribution is 5.94. The molecule has 0 amide bonds. The Bertz CT molecular complexity index is 368. The number of rotatable bonds is 1. The summed E-state index contributed by atoms with van der Waals surface area (Å²) < 4.78 is 7.04. The zero-order chi connectivity index (χ0) is 10.1. The number of hydrogen-bond acceptors (Lipinski definition) is 3. The van der Waals surface area contributed by atoms with Gasteiger partial charge < -0.3 is 4.74 Å². The lowest BCUT2D eigenvalue weighted by molar-refractivity contribution is 0.100. The second kappa shape index (κ2) is 3.53. The summed E-state index contributed by atoms with van der Waals surface area (Å²) in [5, 5.41) is 4.35. The van der Waals surface area contributed by atoms with E-state index in [0.29, 0.717) is 13.2 Å². The van der Waals surface area contributed by atoms with Gasteiger partial charge in [0.2, 0.25) is 0 Å². The van der Waals surface area contributed by atoms with Crippen LogP contribution in [0, 0.1) is 0 Å².